The van der Waals surface area contributed by atoms with Gasteiger partial charge in [-0.05, 0) is 46.5 Å². The van der Waals surface area contributed by atoms with E-state index in [0.29, 0.717) is 0 Å². The molecule has 1 fully saturated rings. The van der Waals surface area contributed by atoms with Crippen LogP contribution in [0.3, 0.4) is 0 Å². The van der Waals surface area contributed by atoms with Crippen LogP contribution in [0.15, 0.2) is 0 Å². The first-order valence-electron chi connectivity index (χ1n) is 18.4. The van der Waals surface area contributed by atoms with Crippen LogP contribution in [0.1, 0.15) is 72.6 Å². The van der Waals surface area contributed by atoms with Gasteiger partial charge in [0.25, 0.3) is 0 Å². The SMILES string of the molecule is CC(C)[NH+](CCCC1CCCCC1)C(C)C.Fc1c(F)c(F)c([B-](c2c(F)c(F)c(F)c(F)c2F)(c2c(F)c(F)c(F)c(F)c2F)c2c(F)c(F)c(F)c(F)c2F)c(F)c1F. The Labute approximate surface area is 334 Å². The fourth-order valence-corrected chi connectivity index (χ4v) is 8.19. The van der Waals surface area contributed by atoms with Gasteiger partial charge in [-0.3, -0.25) is 0 Å². The average Bonchev–Trinajstić information content (AvgIpc) is 3.22. The smallest absolute Gasteiger partial charge is 0.200 e. The molecule has 0 radical (unpaired) electrons. The molecule has 0 unspecified atom stereocenters. The molecule has 0 aliphatic heterocycles. The molecule has 1 aliphatic rings. The summed E-state index contributed by atoms with van der Waals surface area (Å²) in [7, 11) is 0. The van der Waals surface area contributed by atoms with Crippen LogP contribution >= 0.6 is 0 Å². The maximum atomic E-state index is 15.4. The highest BCUT2D eigenvalue weighted by molar-refractivity contribution is 7.20. The molecule has 4 aromatic rings. The molecule has 0 spiro atoms. The predicted molar refractivity (Wildman–Crippen MR) is 181 cm³/mol. The van der Waals surface area contributed by atoms with Crippen LogP contribution in [0, 0.1) is 122 Å². The summed E-state index contributed by atoms with van der Waals surface area (Å²) in [4.78, 5) is 1.79. The lowest BCUT2D eigenvalue weighted by molar-refractivity contribution is -0.942. The molecule has 1 N–H and O–H groups in total. The summed E-state index contributed by atoms with van der Waals surface area (Å²) in [6.45, 7) is 10.8. The highest BCUT2D eigenvalue weighted by Gasteiger charge is 2.52. The van der Waals surface area contributed by atoms with Gasteiger partial charge in [0.05, 0.1) is 18.6 Å². The van der Waals surface area contributed by atoms with Crippen molar-refractivity contribution in [2.24, 2.45) is 5.92 Å². The zero-order chi connectivity index (χ0) is 46.3. The van der Waals surface area contributed by atoms with Gasteiger partial charge in [-0.2, -0.15) is 0 Å². The predicted octanol–water partition coefficient (Wildman–Crippen LogP) is 8.89. The summed E-state index contributed by atoms with van der Waals surface area (Å²) in [6, 6.07) is 1.57. The summed E-state index contributed by atoms with van der Waals surface area (Å²) >= 11 is 0. The molecule has 4 aromatic carbocycles. The zero-order valence-electron chi connectivity index (χ0n) is 32.0. The van der Waals surface area contributed by atoms with Crippen LogP contribution in [0.4, 0.5) is 87.8 Å². The molecule has 61 heavy (non-hydrogen) atoms. The average molecular weight is 905 g/mol. The van der Waals surface area contributed by atoms with E-state index in [0.717, 1.165) is 18.0 Å². The summed E-state index contributed by atoms with van der Waals surface area (Å²) in [6.07, 6.45) is 3.22. The summed E-state index contributed by atoms with van der Waals surface area (Å²) in [5.41, 5.74) is -14.3. The van der Waals surface area contributed by atoms with E-state index in [1.54, 1.807) is 4.90 Å². The van der Waals surface area contributed by atoms with E-state index in [1.807, 2.05) is 0 Å². The monoisotopic (exact) mass is 905 g/mol. The lowest BCUT2D eigenvalue weighted by Crippen LogP contribution is -3.17. The van der Waals surface area contributed by atoms with Gasteiger partial charge in [-0.1, -0.05) is 32.1 Å². The third-order valence-corrected chi connectivity index (χ3v) is 11.0. The van der Waals surface area contributed by atoms with Gasteiger partial charge in [0.2, 0.25) is 0 Å². The molecule has 22 heteroatoms. The Morgan fingerprint density at radius 1 is 0.361 bits per heavy atom. The number of quaternary nitrogens is 1. The maximum Gasteiger partial charge on any atom is 0.200 e. The first-order chi connectivity index (χ1) is 28.3. The summed E-state index contributed by atoms with van der Waals surface area (Å²) in [5.74, 6) is -70.3. The third kappa shape index (κ3) is 8.40. The second kappa shape index (κ2) is 18.9. The molecule has 0 aromatic heterocycles. The van der Waals surface area contributed by atoms with Gasteiger partial charge in [0.15, 0.2) is 69.8 Å². The maximum absolute atomic E-state index is 15.4. The van der Waals surface area contributed by atoms with Crippen LogP contribution in [-0.2, 0) is 0 Å². The molecule has 1 nitrogen and oxygen atoms in total. The number of nitrogens with one attached hydrogen (secondary N) is 1. The van der Waals surface area contributed by atoms with Crippen LogP contribution in [0.5, 0.6) is 0 Å². The Kier molecular flexibility index (Phi) is 15.2. The van der Waals surface area contributed by atoms with Crippen molar-refractivity contribution in [2.75, 3.05) is 6.54 Å². The standard InChI is InChI=1S/C24BF20.C15H31N/c26-5-1(6(27)14(35)21(42)13(5)34)25(2-7(28)15(36)22(43)16(37)8(2)29,3-9(30)17(38)23(44)18(39)10(3)31)4-11(32)19(40)24(45)20(41)12(4)33;1-13(2)16(14(3)4)12-8-11-15-9-6-5-7-10-15/h;13-15H,5-12H2,1-4H3/q-1;/p+1. The van der Waals surface area contributed by atoms with Gasteiger partial charge < -0.3 is 4.90 Å². The molecule has 0 heterocycles. The highest BCUT2D eigenvalue weighted by Crippen LogP contribution is 2.31. The van der Waals surface area contributed by atoms with Gasteiger partial charge in [0, 0.05) is 0 Å². The Hall–Kier alpha value is -4.50. The minimum absolute atomic E-state index is 0.784. The molecular formula is C39H32BF20N. The Morgan fingerprint density at radius 3 is 0.787 bits per heavy atom. The molecule has 0 amide bonds. The highest BCUT2D eigenvalue weighted by atomic mass is 19.2. The Bertz CT molecular complexity index is 1920. The van der Waals surface area contributed by atoms with Crippen molar-refractivity contribution in [3.63, 3.8) is 0 Å². The van der Waals surface area contributed by atoms with Crippen molar-refractivity contribution >= 4 is 28.0 Å². The molecule has 0 atom stereocenters. The van der Waals surface area contributed by atoms with Gasteiger partial charge in [-0.15, -0.1) is 21.9 Å². The number of rotatable bonds is 10. The lowest BCUT2D eigenvalue weighted by Gasteiger charge is -2.44. The van der Waals surface area contributed by atoms with Crippen molar-refractivity contribution in [3.8, 4) is 0 Å². The van der Waals surface area contributed by atoms with Crippen LogP contribution in [0.25, 0.3) is 0 Å². The van der Waals surface area contributed by atoms with Crippen molar-refractivity contribution in [1.82, 2.24) is 0 Å². The minimum Gasteiger partial charge on any atom is -0.331 e. The van der Waals surface area contributed by atoms with E-state index in [9.17, 15) is 52.7 Å². The van der Waals surface area contributed by atoms with E-state index in [1.165, 1.54) is 51.5 Å². The fraction of sp³-hybridized carbons (Fsp3) is 0.385. The topological polar surface area (TPSA) is 4.44 Å². The minimum atomic E-state index is -7.22. The molecule has 0 bridgehead atoms. The summed E-state index contributed by atoms with van der Waals surface area (Å²) < 4.78 is 294. The Morgan fingerprint density at radius 2 is 0.574 bits per heavy atom. The van der Waals surface area contributed by atoms with E-state index < -0.39 is 144 Å². The first-order valence-corrected chi connectivity index (χ1v) is 18.4. The van der Waals surface area contributed by atoms with Crippen molar-refractivity contribution in [1.29, 1.82) is 0 Å². The van der Waals surface area contributed by atoms with E-state index in [-0.39, 0.29) is 0 Å². The number of hydrogen-bond acceptors (Lipinski definition) is 0. The van der Waals surface area contributed by atoms with Gasteiger partial charge in [-0.25, -0.2) is 87.8 Å². The quantitative estimate of drug-likeness (QED) is 0.0703. The summed E-state index contributed by atoms with van der Waals surface area (Å²) in [5, 5.41) is 0. The number of hydrogen-bond donors (Lipinski definition) is 1. The zero-order valence-corrected chi connectivity index (χ0v) is 32.0. The third-order valence-electron chi connectivity index (χ3n) is 11.0. The van der Waals surface area contributed by atoms with Crippen molar-refractivity contribution in [2.45, 2.75) is 84.7 Å². The number of benzene rings is 4. The molecule has 1 aliphatic carbocycles. The van der Waals surface area contributed by atoms with E-state index >= 15 is 35.1 Å². The largest absolute Gasteiger partial charge is 0.331 e. The second-order valence-electron chi connectivity index (χ2n) is 15.1. The normalized spacial score (nSPS) is 13.8. The fourth-order valence-electron chi connectivity index (χ4n) is 8.19. The van der Waals surface area contributed by atoms with E-state index in [4.69, 9.17) is 0 Å². The van der Waals surface area contributed by atoms with Crippen LogP contribution < -0.4 is 26.8 Å². The van der Waals surface area contributed by atoms with Crippen molar-refractivity contribution < 1.29 is 92.7 Å². The van der Waals surface area contributed by atoms with Crippen LogP contribution in [0.2, 0.25) is 0 Å². The second-order valence-corrected chi connectivity index (χ2v) is 15.1. The van der Waals surface area contributed by atoms with E-state index in [2.05, 4.69) is 27.7 Å². The lowest BCUT2D eigenvalue weighted by atomic mass is 9.12. The molecule has 336 valence electrons. The Balaban J connectivity index is 0.000000430. The molecular weight excluding hydrogens is 873 g/mol. The van der Waals surface area contributed by atoms with Gasteiger partial charge in [0.1, 0.15) is 52.7 Å². The molecule has 0 saturated heterocycles. The first kappa shape index (κ1) is 49.2. The van der Waals surface area contributed by atoms with Crippen molar-refractivity contribution in [3.05, 3.63) is 116 Å². The van der Waals surface area contributed by atoms with Crippen LogP contribution in [-0.4, -0.2) is 24.8 Å². The molecule has 5 rings (SSSR count). The number of halogens is 20. The molecule has 1 saturated carbocycles. The van der Waals surface area contributed by atoms with Gasteiger partial charge >= 0.3 is 0 Å².